The summed E-state index contributed by atoms with van der Waals surface area (Å²) >= 11 is 0. The molecule has 0 unspecified atom stereocenters. The minimum atomic E-state index is -0.203. The number of anilines is 2. The molecular formula is C23H26N4O. The highest BCUT2D eigenvalue weighted by Gasteiger charge is 2.18. The van der Waals surface area contributed by atoms with Crippen LogP contribution in [-0.2, 0) is 11.8 Å². The van der Waals surface area contributed by atoms with Gasteiger partial charge in [-0.15, -0.1) is 0 Å². The predicted molar refractivity (Wildman–Crippen MR) is 113 cm³/mol. The summed E-state index contributed by atoms with van der Waals surface area (Å²) in [5.41, 5.74) is 3.62. The molecule has 1 aromatic heterocycles. The van der Waals surface area contributed by atoms with E-state index in [4.69, 9.17) is 0 Å². The molecule has 2 N–H and O–H groups in total. The number of carbonyl (C=O) groups excluding carboxylic acids is 1. The summed E-state index contributed by atoms with van der Waals surface area (Å²) in [6.45, 7) is 7.03. The van der Waals surface area contributed by atoms with E-state index in [2.05, 4.69) is 47.4 Å². The number of hydrogen-bond donors (Lipinski definition) is 2. The maximum Gasteiger partial charge on any atom is 0.270 e. The summed E-state index contributed by atoms with van der Waals surface area (Å²) in [6.07, 6.45) is 2.38. The second-order valence-electron chi connectivity index (χ2n) is 7.68. The molecule has 0 radical (unpaired) electrons. The van der Waals surface area contributed by atoms with E-state index < -0.39 is 0 Å². The van der Waals surface area contributed by atoms with Gasteiger partial charge in [-0.2, -0.15) is 0 Å². The predicted octanol–water partition coefficient (Wildman–Crippen LogP) is 4.49. The van der Waals surface area contributed by atoms with E-state index in [0.717, 1.165) is 17.7 Å². The molecule has 1 heterocycles. The molecule has 5 heteroatoms. The quantitative estimate of drug-likeness (QED) is 0.667. The van der Waals surface area contributed by atoms with Crippen molar-refractivity contribution in [1.82, 2.24) is 15.3 Å². The minimum absolute atomic E-state index is 0.0178. The van der Waals surface area contributed by atoms with Gasteiger partial charge in [-0.1, -0.05) is 69.3 Å². The molecule has 0 fully saturated rings. The Morgan fingerprint density at radius 2 is 1.68 bits per heavy atom. The van der Waals surface area contributed by atoms with Gasteiger partial charge in [-0.25, -0.2) is 9.97 Å². The first-order valence-corrected chi connectivity index (χ1v) is 9.45. The molecule has 2 aromatic carbocycles. The largest absolute Gasteiger partial charge is 0.350 e. The maximum atomic E-state index is 12.4. The van der Waals surface area contributed by atoms with Crippen molar-refractivity contribution in [1.29, 1.82) is 0 Å². The molecule has 3 aromatic rings. The molecule has 3 rings (SSSR count). The number of benzene rings is 2. The molecular weight excluding hydrogens is 348 g/mol. The van der Waals surface area contributed by atoms with Gasteiger partial charge >= 0.3 is 0 Å². The van der Waals surface area contributed by atoms with Crippen LogP contribution < -0.4 is 10.6 Å². The molecule has 28 heavy (non-hydrogen) atoms. The summed E-state index contributed by atoms with van der Waals surface area (Å²) in [5, 5.41) is 6.17. The molecule has 0 atom stereocenters. The number of rotatable bonds is 6. The van der Waals surface area contributed by atoms with E-state index in [1.165, 1.54) is 5.56 Å². The maximum absolute atomic E-state index is 12.4. The minimum Gasteiger partial charge on any atom is -0.350 e. The third-order valence-electron chi connectivity index (χ3n) is 4.41. The number of nitrogens with one attached hydrogen (secondary N) is 2. The Balaban J connectivity index is 1.66. The molecule has 0 saturated carbocycles. The number of amides is 1. The van der Waals surface area contributed by atoms with Gasteiger partial charge in [0, 0.05) is 18.4 Å². The fourth-order valence-corrected chi connectivity index (χ4v) is 2.97. The van der Waals surface area contributed by atoms with E-state index in [1.807, 2.05) is 48.5 Å². The van der Waals surface area contributed by atoms with E-state index in [9.17, 15) is 4.79 Å². The van der Waals surface area contributed by atoms with Gasteiger partial charge in [0.2, 0.25) is 5.95 Å². The van der Waals surface area contributed by atoms with Crippen molar-refractivity contribution in [3.05, 3.63) is 83.7 Å². The third-order valence-corrected chi connectivity index (χ3v) is 4.41. The average Bonchev–Trinajstić information content (AvgIpc) is 2.68. The second-order valence-corrected chi connectivity index (χ2v) is 7.68. The highest BCUT2D eigenvalue weighted by Crippen LogP contribution is 2.30. The topological polar surface area (TPSA) is 66.9 Å². The van der Waals surface area contributed by atoms with Crippen LogP contribution >= 0.6 is 0 Å². The van der Waals surface area contributed by atoms with Crippen LogP contribution in [0.4, 0.5) is 11.6 Å². The number of hydrogen-bond acceptors (Lipinski definition) is 4. The zero-order valence-corrected chi connectivity index (χ0v) is 16.6. The molecule has 0 bridgehead atoms. The molecule has 5 nitrogen and oxygen atoms in total. The summed E-state index contributed by atoms with van der Waals surface area (Å²) in [6, 6.07) is 19.8. The molecule has 0 saturated heterocycles. The normalized spacial score (nSPS) is 11.1. The summed E-state index contributed by atoms with van der Waals surface area (Å²) in [4.78, 5) is 21.1. The van der Waals surface area contributed by atoms with Crippen molar-refractivity contribution in [2.45, 2.75) is 32.6 Å². The van der Waals surface area contributed by atoms with Crippen LogP contribution in [0.5, 0.6) is 0 Å². The molecule has 0 aliphatic carbocycles. The van der Waals surface area contributed by atoms with Gasteiger partial charge in [0.05, 0.1) is 0 Å². The first-order valence-electron chi connectivity index (χ1n) is 9.45. The van der Waals surface area contributed by atoms with Gasteiger partial charge in [-0.05, 0) is 35.1 Å². The SMILES string of the molecule is CC(C)(C)c1ccccc1Nc1nccc(C(=O)NCCc2ccccc2)n1. The second kappa shape index (κ2) is 8.65. The first-order chi connectivity index (χ1) is 13.4. The number of carbonyl (C=O) groups is 1. The van der Waals surface area contributed by atoms with E-state index in [-0.39, 0.29) is 11.3 Å². The highest BCUT2D eigenvalue weighted by atomic mass is 16.1. The Labute approximate surface area is 166 Å². The van der Waals surface area contributed by atoms with Crippen LogP contribution in [0.15, 0.2) is 66.9 Å². The molecule has 1 amide bonds. The first kappa shape index (κ1) is 19.5. The van der Waals surface area contributed by atoms with E-state index in [0.29, 0.717) is 18.2 Å². The van der Waals surface area contributed by atoms with Crippen LogP contribution in [0.1, 0.15) is 42.4 Å². The Morgan fingerprint density at radius 3 is 2.43 bits per heavy atom. The fraction of sp³-hybridized carbons (Fsp3) is 0.261. The highest BCUT2D eigenvalue weighted by molar-refractivity contribution is 5.92. The van der Waals surface area contributed by atoms with Crippen molar-refractivity contribution < 1.29 is 4.79 Å². The lowest BCUT2D eigenvalue weighted by atomic mass is 9.86. The van der Waals surface area contributed by atoms with Crippen molar-refractivity contribution in [2.75, 3.05) is 11.9 Å². The molecule has 0 aliphatic heterocycles. The van der Waals surface area contributed by atoms with E-state index in [1.54, 1.807) is 12.3 Å². The molecule has 0 spiro atoms. The van der Waals surface area contributed by atoms with E-state index >= 15 is 0 Å². The fourth-order valence-electron chi connectivity index (χ4n) is 2.97. The monoisotopic (exact) mass is 374 g/mol. The Morgan fingerprint density at radius 1 is 0.964 bits per heavy atom. The van der Waals surface area contributed by atoms with Crippen molar-refractivity contribution >= 4 is 17.5 Å². The van der Waals surface area contributed by atoms with Crippen LogP contribution in [0.2, 0.25) is 0 Å². The lowest BCUT2D eigenvalue weighted by Crippen LogP contribution is -2.26. The standard InChI is InChI=1S/C23H26N4O/c1-23(2,3)18-11-7-8-12-19(18)26-22-25-16-14-20(27-22)21(28)24-15-13-17-9-5-4-6-10-17/h4-12,14,16H,13,15H2,1-3H3,(H,24,28)(H,25,26,27). The van der Waals surface area contributed by atoms with Gasteiger partial charge in [0.25, 0.3) is 5.91 Å². The molecule has 144 valence electrons. The number of nitrogens with zero attached hydrogens (tertiary/aromatic N) is 2. The lowest BCUT2D eigenvalue weighted by Gasteiger charge is -2.23. The van der Waals surface area contributed by atoms with Gasteiger partial charge in [0.1, 0.15) is 5.69 Å². The lowest BCUT2D eigenvalue weighted by molar-refractivity contribution is 0.0949. The van der Waals surface area contributed by atoms with Crippen LogP contribution in [0.25, 0.3) is 0 Å². The van der Waals surface area contributed by atoms with Gasteiger partial charge < -0.3 is 10.6 Å². The summed E-state index contributed by atoms with van der Waals surface area (Å²) in [5.74, 6) is 0.206. The molecule has 0 aliphatic rings. The van der Waals surface area contributed by atoms with Crippen molar-refractivity contribution in [2.24, 2.45) is 0 Å². The number of aromatic nitrogens is 2. The summed E-state index contributed by atoms with van der Waals surface area (Å²) < 4.78 is 0. The van der Waals surface area contributed by atoms with Crippen molar-refractivity contribution in [3.8, 4) is 0 Å². The van der Waals surface area contributed by atoms with Gasteiger partial charge in [-0.3, -0.25) is 4.79 Å². The van der Waals surface area contributed by atoms with Crippen molar-refractivity contribution in [3.63, 3.8) is 0 Å². The van der Waals surface area contributed by atoms with Crippen LogP contribution in [0.3, 0.4) is 0 Å². The Kier molecular flexibility index (Phi) is 6.04. The third kappa shape index (κ3) is 5.16. The van der Waals surface area contributed by atoms with Crippen LogP contribution in [0, 0.1) is 0 Å². The average molecular weight is 374 g/mol. The van der Waals surface area contributed by atoms with Crippen LogP contribution in [-0.4, -0.2) is 22.4 Å². The smallest absolute Gasteiger partial charge is 0.270 e. The Bertz CT molecular complexity index is 933. The summed E-state index contributed by atoms with van der Waals surface area (Å²) in [7, 11) is 0. The Hall–Kier alpha value is -3.21. The van der Waals surface area contributed by atoms with Gasteiger partial charge in [0.15, 0.2) is 0 Å². The zero-order valence-electron chi connectivity index (χ0n) is 16.6. The number of para-hydroxylation sites is 1. The zero-order chi connectivity index (χ0) is 20.0.